The van der Waals surface area contributed by atoms with Crippen molar-refractivity contribution in [1.29, 1.82) is 0 Å². The van der Waals surface area contributed by atoms with Gasteiger partial charge in [0, 0.05) is 23.6 Å². The highest BCUT2D eigenvalue weighted by Gasteiger charge is 2.08. The zero-order chi connectivity index (χ0) is 13.8. The van der Waals surface area contributed by atoms with E-state index in [-0.39, 0.29) is 0 Å². The Labute approximate surface area is 115 Å². The second-order valence-corrected chi connectivity index (χ2v) is 4.00. The molecule has 3 aromatic rings. The van der Waals surface area contributed by atoms with Gasteiger partial charge in [0.2, 0.25) is 5.89 Å². The highest BCUT2D eigenvalue weighted by molar-refractivity contribution is 5.56. The van der Waals surface area contributed by atoms with Crippen LogP contribution in [0.25, 0.3) is 11.5 Å². The monoisotopic (exact) mass is 268 g/mol. The van der Waals surface area contributed by atoms with Gasteiger partial charge in [0.15, 0.2) is 0 Å². The van der Waals surface area contributed by atoms with E-state index in [4.69, 9.17) is 9.15 Å². The molecule has 20 heavy (non-hydrogen) atoms. The van der Waals surface area contributed by atoms with E-state index >= 15 is 0 Å². The van der Waals surface area contributed by atoms with E-state index in [9.17, 15) is 0 Å². The van der Waals surface area contributed by atoms with E-state index in [0.717, 1.165) is 17.0 Å². The summed E-state index contributed by atoms with van der Waals surface area (Å²) in [6, 6.07) is 11.4. The van der Waals surface area contributed by atoms with Gasteiger partial charge in [-0.25, -0.2) is 0 Å². The molecule has 1 aromatic carbocycles. The Bertz CT molecular complexity index is 680. The molecule has 0 saturated carbocycles. The molecular weight excluding hydrogens is 256 g/mol. The van der Waals surface area contributed by atoms with E-state index in [1.807, 2.05) is 36.4 Å². The number of hydrogen-bond donors (Lipinski definition) is 1. The van der Waals surface area contributed by atoms with Crippen LogP contribution >= 0.6 is 0 Å². The normalized spacial score (nSPS) is 10.2. The van der Waals surface area contributed by atoms with Crippen molar-refractivity contribution >= 4 is 11.7 Å². The molecule has 0 fully saturated rings. The van der Waals surface area contributed by atoms with Crippen LogP contribution in [0.1, 0.15) is 0 Å². The lowest BCUT2D eigenvalue weighted by atomic mass is 10.3. The molecule has 6 nitrogen and oxygen atoms in total. The summed E-state index contributed by atoms with van der Waals surface area (Å²) < 4.78 is 10.6. The summed E-state index contributed by atoms with van der Waals surface area (Å²) in [7, 11) is 1.63. The van der Waals surface area contributed by atoms with Gasteiger partial charge < -0.3 is 14.5 Å². The minimum atomic E-state index is 0.335. The number of methoxy groups -OCH3 is 1. The molecule has 0 amide bonds. The fraction of sp³-hybridized carbons (Fsp3) is 0.0714. The molecule has 0 spiro atoms. The molecule has 0 aliphatic carbocycles. The summed E-state index contributed by atoms with van der Waals surface area (Å²) in [5, 5.41) is 11.0. The standard InChI is InChI=1S/C14H12N4O2/c1-19-12-4-2-11(3-5-12)16-14-18-17-13(20-14)10-6-8-15-9-7-10/h2-9H,1H3,(H,16,18). The van der Waals surface area contributed by atoms with Gasteiger partial charge in [-0.2, -0.15) is 0 Å². The van der Waals surface area contributed by atoms with Crippen molar-refractivity contribution < 1.29 is 9.15 Å². The zero-order valence-electron chi connectivity index (χ0n) is 10.8. The maximum atomic E-state index is 5.54. The number of aromatic nitrogens is 3. The number of ether oxygens (including phenoxy) is 1. The van der Waals surface area contributed by atoms with Crippen LogP contribution in [0.5, 0.6) is 5.75 Å². The summed E-state index contributed by atoms with van der Waals surface area (Å²) in [5.74, 6) is 1.24. The van der Waals surface area contributed by atoms with Crippen molar-refractivity contribution in [2.24, 2.45) is 0 Å². The minimum Gasteiger partial charge on any atom is -0.497 e. The van der Waals surface area contributed by atoms with Gasteiger partial charge in [-0.3, -0.25) is 4.98 Å². The fourth-order valence-electron chi connectivity index (χ4n) is 1.68. The van der Waals surface area contributed by atoms with Crippen LogP contribution in [0.4, 0.5) is 11.7 Å². The highest BCUT2D eigenvalue weighted by Crippen LogP contribution is 2.22. The lowest BCUT2D eigenvalue weighted by Crippen LogP contribution is -1.90. The minimum absolute atomic E-state index is 0.335. The summed E-state index contributed by atoms with van der Waals surface area (Å²) in [6.45, 7) is 0. The molecule has 0 aliphatic heterocycles. The smallest absolute Gasteiger partial charge is 0.320 e. The third-order valence-corrected chi connectivity index (χ3v) is 2.69. The molecule has 6 heteroatoms. The van der Waals surface area contributed by atoms with Crippen molar-refractivity contribution in [2.75, 3.05) is 12.4 Å². The van der Waals surface area contributed by atoms with Crippen molar-refractivity contribution in [3.63, 3.8) is 0 Å². The molecule has 0 bridgehead atoms. The van der Waals surface area contributed by atoms with Gasteiger partial charge in [0.25, 0.3) is 0 Å². The molecule has 3 rings (SSSR count). The number of hydrogen-bond acceptors (Lipinski definition) is 6. The average molecular weight is 268 g/mol. The van der Waals surface area contributed by atoms with Crippen LogP contribution in [0.3, 0.4) is 0 Å². The van der Waals surface area contributed by atoms with E-state index in [1.54, 1.807) is 19.5 Å². The largest absolute Gasteiger partial charge is 0.497 e. The number of nitrogens with one attached hydrogen (secondary N) is 1. The highest BCUT2D eigenvalue weighted by atomic mass is 16.5. The van der Waals surface area contributed by atoms with Gasteiger partial charge in [0.05, 0.1) is 7.11 Å². The molecule has 0 atom stereocenters. The zero-order valence-corrected chi connectivity index (χ0v) is 10.8. The molecule has 0 radical (unpaired) electrons. The number of rotatable bonds is 4. The SMILES string of the molecule is COc1ccc(Nc2nnc(-c3ccncc3)o2)cc1. The number of nitrogens with zero attached hydrogens (tertiary/aromatic N) is 3. The molecule has 2 heterocycles. The van der Waals surface area contributed by atoms with Crippen molar-refractivity contribution in [1.82, 2.24) is 15.2 Å². The molecule has 2 aromatic heterocycles. The first-order chi connectivity index (χ1) is 9.85. The first kappa shape index (κ1) is 12.2. The fourth-order valence-corrected chi connectivity index (χ4v) is 1.68. The Kier molecular flexibility index (Phi) is 3.28. The van der Waals surface area contributed by atoms with Gasteiger partial charge in [-0.15, -0.1) is 5.10 Å². The van der Waals surface area contributed by atoms with Gasteiger partial charge in [-0.1, -0.05) is 5.10 Å². The van der Waals surface area contributed by atoms with Crippen molar-refractivity contribution in [3.05, 3.63) is 48.8 Å². The molecule has 0 aliphatic rings. The molecule has 1 N–H and O–H groups in total. The Balaban J connectivity index is 1.77. The lowest BCUT2D eigenvalue weighted by Gasteiger charge is -2.02. The average Bonchev–Trinajstić information content (AvgIpc) is 2.97. The van der Waals surface area contributed by atoms with E-state index < -0.39 is 0 Å². The van der Waals surface area contributed by atoms with Crippen LogP contribution in [0.2, 0.25) is 0 Å². The molecule has 0 unspecified atom stereocenters. The summed E-state index contributed by atoms with van der Waals surface area (Å²) in [6.07, 6.45) is 3.35. The van der Waals surface area contributed by atoms with E-state index in [0.29, 0.717) is 11.9 Å². The van der Waals surface area contributed by atoms with Crippen LogP contribution in [-0.2, 0) is 0 Å². The van der Waals surface area contributed by atoms with Crippen LogP contribution in [0, 0.1) is 0 Å². The van der Waals surface area contributed by atoms with Gasteiger partial charge in [0.1, 0.15) is 5.75 Å². The molecular formula is C14H12N4O2. The van der Waals surface area contributed by atoms with Crippen LogP contribution in [0.15, 0.2) is 53.2 Å². The first-order valence-corrected chi connectivity index (χ1v) is 6.00. The molecule has 100 valence electrons. The number of benzene rings is 1. The van der Waals surface area contributed by atoms with Crippen molar-refractivity contribution in [3.8, 4) is 17.2 Å². The Morgan fingerprint density at radius 1 is 1.00 bits per heavy atom. The summed E-state index contributed by atoms with van der Waals surface area (Å²) >= 11 is 0. The van der Waals surface area contributed by atoms with E-state index in [1.165, 1.54) is 0 Å². The summed E-state index contributed by atoms with van der Waals surface area (Å²) in [4.78, 5) is 3.94. The Hall–Kier alpha value is -2.89. The van der Waals surface area contributed by atoms with Gasteiger partial charge >= 0.3 is 6.01 Å². The number of anilines is 2. The third-order valence-electron chi connectivity index (χ3n) is 2.69. The summed E-state index contributed by atoms with van der Waals surface area (Å²) in [5.41, 5.74) is 1.67. The second kappa shape index (κ2) is 5.40. The Morgan fingerprint density at radius 2 is 1.75 bits per heavy atom. The second-order valence-electron chi connectivity index (χ2n) is 4.00. The first-order valence-electron chi connectivity index (χ1n) is 6.00. The maximum absolute atomic E-state index is 5.54. The third kappa shape index (κ3) is 2.59. The predicted molar refractivity (Wildman–Crippen MR) is 73.8 cm³/mol. The van der Waals surface area contributed by atoms with Crippen LogP contribution in [-0.4, -0.2) is 22.3 Å². The quantitative estimate of drug-likeness (QED) is 0.784. The van der Waals surface area contributed by atoms with Crippen LogP contribution < -0.4 is 10.1 Å². The maximum Gasteiger partial charge on any atom is 0.320 e. The lowest BCUT2D eigenvalue weighted by molar-refractivity contribution is 0.415. The van der Waals surface area contributed by atoms with Crippen molar-refractivity contribution in [2.45, 2.75) is 0 Å². The van der Waals surface area contributed by atoms with Gasteiger partial charge in [-0.05, 0) is 36.4 Å². The number of pyridine rings is 1. The topological polar surface area (TPSA) is 73.1 Å². The predicted octanol–water partition coefficient (Wildman–Crippen LogP) is 2.88. The Morgan fingerprint density at radius 3 is 2.45 bits per heavy atom. The van der Waals surface area contributed by atoms with E-state index in [2.05, 4.69) is 20.5 Å². The molecule has 0 saturated heterocycles.